The van der Waals surface area contributed by atoms with E-state index in [4.69, 9.17) is 5.73 Å². The summed E-state index contributed by atoms with van der Waals surface area (Å²) >= 11 is 1.44. The molecule has 6 heteroatoms. The van der Waals surface area contributed by atoms with Crippen LogP contribution in [-0.4, -0.2) is 15.5 Å². The number of nitrogens with two attached hydrogens (primary N) is 1. The van der Waals surface area contributed by atoms with Gasteiger partial charge in [0.25, 0.3) is 5.56 Å². The monoisotopic (exact) mass is 299 g/mol. The van der Waals surface area contributed by atoms with Gasteiger partial charge >= 0.3 is 0 Å². The normalized spacial score (nSPS) is 10.9. The van der Waals surface area contributed by atoms with Gasteiger partial charge in [-0.3, -0.25) is 14.2 Å². The van der Waals surface area contributed by atoms with E-state index in [1.165, 1.54) is 22.2 Å². The van der Waals surface area contributed by atoms with Crippen LogP contribution >= 0.6 is 11.3 Å². The van der Waals surface area contributed by atoms with Gasteiger partial charge in [-0.15, -0.1) is 11.3 Å². The smallest absolute Gasteiger partial charge is 0.262 e. The summed E-state index contributed by atoms with van der Waals surface area (Å²) in [4.78, 5) is 28.4. The van der Waals surface area contributed by atoms with E-state index in [9.17, 15) is 9.59 Å². The van der Waals surface area contributed by atoms with Crippen LogP contribution in [0.5, 0.6) is 0 Å². The lowest BCUT2D eigenvalue weighted by Crippen LogP contribution is -2.23. The maximum Gasteiger partial charge on any atom is 0.262 e. The SMILES string of the molecule is NC(=O)CCn1cnc2scc(-c3ccccc3)c2c1=O. The van der Waals surface area contributed by atoms with Crippen molar-refractivity contribution in [2.45, 2.75) is 13.0 Å². The van der Waals surface area contributed by atoms with Gasteiger partial charge in [0.1, 0.15) is 4.83 Å². The number of aromatic nitrogens is 2. The predicted molar refractivity (Wildman–Crippen MR) is 83.1 cm³/mol. The third-order valence-corrected chi connectivity index (χ3v) is 4.13. The van der Waals surface area contributed by atoms with Gasteiger partial charge in [0, 0.05) is 23.9 Å². The number of nitrogens with zero attached hydrogens (tertiary/aromatic N) is 2. The zero-order chi connectivity index (χ0) is 14.8. The Morgan fingerprint density at radius 3 is 2.76 bits per heavy atom. The summed E-state index contributed by atoms with van der Waals surface area (Å²) in [6.07, 6.45) is 1.59. The Morgan fingerprint density at radius 2 is 2.05 bits per heavy atom. The number of aryl methyl sites for hydroxylation is 1. The van der Waals surface area contributed by atoms with Crippen LogP contribution in [0.25, 0.3) is 21.3 Å². The van der Waals surface area contributed by atoms with E-state index in [1.54, 1.807) is 0 Å². The van der Waals surface area contributed by atoms with Gasteiger partial charge in [0.05, 0.1) is 11.7 Å². The molecular weight excluding hydrogens is 286 g/mol. The second-order valence-corrected chi connectivity index (χ2v) is 5.51. The number of amides is 1. The number of thiophene rings is 1. The van der Waals surface area contributed by atoms with Crippen LogP contribution in [0.3, 0.4) is 0 Å². The van der Waals surface area contributed by atoms with Gasteiger partial charge in [-0.25, -0.2) is 4.98 Å². The molecule has 0 aliphatic heterocycles. The topological polar surface area (TPSA) is 78.0 Å². The molecule has 2 heterocycles. The molecule has 0 atom stereocenters. The van der Waals surface area contributed by atoms with Crippen molar-refractivity contribution in [1.29, 1.82) is 0 Å². The lowest BCUT2D eigenvalue weighted by molar-refractivity contribution is -0.118. The van der Waals surface area contributed by atoms with Crippen molar-refractivity contribution in [3.05, 3.63) is 52.4 Å². The molecule has 0 radical (unpaired) electrons. The average molecular weight is 299 g/mol. The number of carbonyl (C=O) groups is 1. The molecule has 3 aromatic rings. The standard InChI is InChI=1S/C15H13N3O2S/c16-12(19)6-7-18-9-17-14-13(15(18)20)11(8-21-14)10-4-2-1-3-5-10/h1-5,8-9H,6-7H2,(H2,16,19). The fourth-order valence-corrected chi connectivity index (χ4v) is 3.09. The van der Waals surface area contributed by atoms with E-state index in [1.807, 2.05) is 35.7 Å². The molecule has 0 saturated heterocycles. The van der Waals surface area contributed by atoms with Gasteiger partial charge in [-0.05, 0) is 5.56 Å². The Labute approximate surface area is 124 Å². The summed E-state index contributed by atoms with van der Waals surface area (Å²) in [5.74, 6) is -0.435. The summed E-state index contributed by atoms with van der Waals surface area (Å²) in [6.45, 7) is 0.251. The fourth-order valence-electron chi connectivity index (χ4n) is 2.19. The number of rotatable bonds is 4. The van der Waals surface area contributed by atoms with Crippen LogP contribution in [0, 0.1) is 0 Å². The predicted octanol–water partition coefficient (Wildman–Crippen LogP) is 2.00. The number of hydrogen-bond donors (Lipinski definition) is 1. The molecule has 3 rings (SSSR count). The minimum absolute atomic E-state index is 0.123. The number of carbonyl (C=O) groups excluding carboxylic acids is 1. The van der Waals surface area contributed by atoms with Crippen molar-refractivity contribution in [1.82, 2.24) is 9.55 Å². The lowest BCUT2D eigenvalue weighted by Gasteiger charge is -2.04. The minimum Gasteiger partial charge on any atom is -0.370 e. The summed E-state index contributed by atoms with van der Waals surface area (Å²) in [5, 5.41) is 2.53. The molecule has 0 fully saturated rings. The van der Waals surface area contributed by atoms with Gasteiger partial charge in [-0.2, -0.15) is 0 Å². The van der Waals surface area contributed by atoms with E-state index in [-0.39, 0.29) is 18.5 Å². The van der Waals surface area contributed by atoms with Crippen LogP contribution in [0.15, 0.2) is 46.8 Å². The quantitative estimate of drug-likeness (QED) is 0.800. The second kappa shape index (κ2) is 5.49. The summed E-state index contributed by atoms with van der Waals surface area (Å²) in [6, 6.07) is 9.71. The molecule has 0 saturated carbocycles. The average Bonchev–Trinajstić information content (AvgIpc) is 2.92. The summed E-state index contributed by atoms with van der Waals surface area (Å²) in [7, 11) is 0. The van der Waals surface area contributed by atoms with Gasteiger partial charge < -0.3 is 5.73 Å². The first kappa shape index (κ1) is 13.5. The zero-order valence-electron chi connectivity index (χ0n) is 11.2. The van der Waals surface area contributed by atoms with Crippen molar-refractivity contribution >= 4 is 27.5 Å². The Bertz CT molecular complexity index is 852. The van der Waals surface area contributed by atoms with E-state index in [0.29, 0.717) is 10.2 Å². The van der Waals surface area contributed by atoms with Crippen molar-refractivity contribution in [2.75, 3.05) is 0 Å². The molecule has 1 aromatic carbocycles. The molecule has 0 spiro atoms. The highest BCUT2D eigenvalue weighted by Gasteiger charge is 2.13. The Hall–Kier alpha value is -2.47. The van der Waals surface area contributed by atoms with Crippen molar-refractivity contribution in [3.63, 3.8) is 0 Å². The highest BCUT2D eigenvalue weighted by molar-refractivity contribution is 7.17. The Balaban J connectivity index is 2.14. The summed E-state index contributed by atoms with van der Waals surface area (Å²) in [5.41, 5.74) is 6.85. The molecule has 5 nitrogen and oxygen atoms in total. The lowest BCUT2D eigenvalue weighted by atomic mass is 10.1. The number of benzene rings is 1. The molecule has 0 unspecified atom stereocenters. The van der Waals surface area contributed by atoms with Crippen LogP contribution in [0.2, 0.25) is 0 Å². The number of fused-ring (bicyclic) bond motifs is 1. The highest BCUT2D eigenvalue weighted by Crippen LogP contribution is 2.30. The third-order valence-electron chi connectivity index (χ3n) is 3.24. The maximum absolute atomic E-state index is 12.6. The van der Waals surface area contributed by atoms with Crippen molar-refractivity contribution < 1.29 is 4.79 Å². The molecule has 0 aliphatic rings. The highest BCUT2D eigenvalue weighted by atomic mass is 32.1. The van der Waals surface area contributed by atoms with Crippen LogP contribution in [0.4, 0.5) is 0 Å². The Kier molecular flexibility index (Phi) is 3.53. The largest absolute Gasteiger partial charge is 0.370 e. The number of hydrogen-bond acceptors (Lipinski definition) is 4. The van der Waals surface area contributed by atoms with Crippen molar-refractivity contribution in [3.8, 4) is 11.1 Å². The van der Waals surface area contributed by atoms with E-state index >= 15 is 0 Å². The maximum atomic E-state index is 12.6. The van der Waals surface area contributed by atoms with Gasteiger partial charge in [0.15, 0.2) is 0 Å². The molecular formula is C15H13N3O2S. The van der Waals surface area contributed by atoms with E-state index < -0.39 is 5.91 Å². The minimum atomic E-state index is -0.435. The molecule has 0 bridgehead atoms. The van der Waals surface area contributed by atoms with Crippen LogP contribution in [0.1, 0.15) is 6.42 Å². The van der Waals surface area contributed by atoms with Crippen molar-refractivity contribution in [2.24, 2.45) is 5.73 Å². The third kappa shape index (κ3) is 2.57. The molecule has 21 heavy (non-hydrogen) atoms. The van der Waals surface area contributed by atoms with Gasteiger partial charge in [0.2, 0.25) is 5.91 Å². The number of primary amides is 1. The summed E-state index contributed by atoms with van der Waals surface area (Å²) < 4.78 is 1.44. The first-order chi connectivity index (χ1) is 10.2. The van der Waals surface area contributed by atoms with Gasteiger partial charge in [-0.1, -0.05) is 30.3 Å². The molecule has 1 amide bonds. The van der Waals surface area contributed by atoms with Crippen LogP contribution in [-0.2, 0) is 11.3 Å². The van der Waals surface area contributed by atoms with Crippen LogP contribution < -0.4 is 11.3 Å². The van der Waals surface area contributed by atoms with E-state index in [0.717, 1.165) is 11.1 Å². The fraction of sp³-hybridized carbons (Fsp3) is 0.133. The molecule has 0 aliphatic carbocycles. The zero-order valence-corrected chi connectivity index (χ0v) is 12.0. The Morgan fingerprint density at radius 1 is 1.29 bits per heavy atom. The molecule has 2 N–H and O–H groups in total. The molecule has 106 valence electrons. The molecule has 2 aromatic heterocycles. The second-order valence-electron chi connectivity index (χ2n) is 4.65. The van der Waals surface area contributed by atoms with E-state index in [2.05, 4.69) is 4.98 Å². The first-order valence-electron chi connectivity index (χ1n) is 6.47. The first-order valence-corrected chi connectivity index (χ1v) is 7.35.